The number of hydrogen-bond donors (Lipinski definition) is 2. The minimum atomic E-state index is -0.671. The summed E-state index contributed by atoms with van der Waals surface area (Å²) in [5.74, 6) is -2.00. The first-order valence-corrected chi connectivity index (χ1v) is 10.0. The van der Waals surface area contributed by atoms with E-state index >= 15 is 0 Å². The number of anilines is 2. The number of ether oxygens (including phenoxy) is 2. The van der Waals surface area contributed by atoms with Crippen LogP contribution in [-0.4, -0.2) is 37.0 Å². The van der Waals surface area contributed by atoms with Crippen LogP contribution in [0.4, 0.5) is 11.4 Å². The molecule has 9 heteroatoms. The van der Waals surface area contributed by atoms with Gasteiger partial charge in [0.25, 0.3) is 5.91 Å². The molecule has 2 aromatic rings. The standard InChI is InChI=1S/C22H23ClN2O6/c1-2-13-30-22(29)15-3-7-17(8-4-15)24-19(26)11-12-21(28)31-14-20(27)25-18-9-5-16(23)6-10-18/h3-10H,2,11-14H2,1H3,(H,24,26)(H,25,27). The van der Waals surface area contributed by atoms with Gasteiger partial charge < -0.3 is 20.1 Å². The number of amides is 2. The summed E-state index contributed by atoms with van der Waals surface area (Å²) in [7, 11) is 0. The van der Waals surface area contributed by atoms with Gasteiger partial charge in [0.05, 0.1) is 18.6 Å². The second-order valence-electron chi connectivity index (χ2n) is 6.48. The zero-order valence-corrected chi connectivity index (χ0v) is 17.7. The SMILES string of the molecule is CCCOC(=O)c1ccc(NC(=O)CCC(=O)OCC(=O)Nc2ccc(Cl)cc2)cc1. The lowest BCUT2D eigenvalue weighted by Crippen LogP contribution is -2.21. The van der Waals surface area contributed by atoms with Crippen LogP contribution >= 0.6 is 11.6 Å². The summed E-state index contributed by atoms with van der Waals surface area (Å²) < 4.78 is 9.90. The van der Waals surface area contributed by atoms with Crippen molar-refractivity contribution in [2.75, 3.05) is 23.8 Å². The van der Waals surface area contributed by atoms with Gasteiger partial charge in [-0.2, -0.15) is 0 Å². The van der Waals surface area contributed by atoms with Gasteiger partial charge in [0.1, 0.15) is 0 Å². The minimum Gasteiger partial charge on any atom is -0.462 e. The number of hydrogen-bond acceptors (Lipinski definition) is 6. The van der Waals surface area contributed by atoms with Gasteiger partial charge in [-0.25, -0.2) is 4.79 Å². The van der Waals surface area contributed by atoms with Crippen LogP contribution in [0, 0.1) is 0 Å². The predicted octanol–water partition coefficient (Wildman–Crippen LogP) is 3.81. The molecule has 0 spiro atoms. The van der Waals surface area contributed by atoms with E-state index in [9.17, 15) is 19.2 Å². The molecule has 0 heterocycles. The van der Waals surface area contributed by atoms with E-state index in [0.29, 0.717) is 28.6 Å². The molecule has 0 aliphatic heterocycles. The fraction of sp³-hybridized carbons (Fsp3) is 0.273. The molecule has 0 saturated carbocycles. The third-order valence-corrected chi connectivity index (χ3v) is 4.14. The monoisotopic (exact) mass is 446 g/mol. The first kappa shape index (κ1) is 23.9. The van der Waals surface area contributed by atoms with E-state index < -0.39 is 30.4 Å². The van der Waals surface area contributed by atoms with Gasteiger partial charge >= 0.3 is 11.9 Å². The molecule has 31 heavy (non-hydrogen) atoms. The average Bonchev–Trinajstić information content (AvgIpc) is 2.76. The lowest BCUT2D eigenvalue weighted by Gasteiger charge is -2.08. The summed E-state index contributed by atoms with van der Waals surface area (Å²) in [6, 6.07) is 12.7. The van der Waals surface area contributed by atoms with E-state index in [2.05, 4.69) is 10.6 Å². The molecule has 0 aliphatic carbocycles. The Morgan fingerprint density at radius 2 is 1.39 bits per heavy atom. The van der Waals surface area contributed by atoms with Crippen molar-refractivity contribution in [3.8, 4) is 0 Å². The Morgan fingerprint density at radius 1 is 0.806 bits per heavy atom. The third-order valence-electron chi connectivity index (χ3n) is 3.89. The highest BCUT2D eigenvalue weighted by atomic mass is 35.5. The zero-order valence-electron chi connectivity index (χ0n) is 17.0. The Labute approximate surface area is 184 Å². The van der Waals surface area contributed by atoms with Crippen LogP contribution in [0.15, 0.2) is 48.5 Å². The largest absolute Gasteiger partial charge is 0.462 e. The van der Waals surface area contributed by atoms with Crippen LogP contribution in [-0.2, 0) is 23.9 Å². The molecule has 0 saturated heterocycles. The molecule has 2 N–H and O–H groups in total. The number of benzene rings is 2. The van der Waals surface area contributed by atoms with Crippen molar-refractivity contribution in [3.05, 3.63) is 59.1 Å². The average molecular weight is 447 g/mol. The van der Waals surface area contributed by atoms with Gasteiger partial charge in [0, 0.05) is 22.8 Å². The topological polar surface area (TPSA) is 111 Å². The number of nitrogens with one attached hydrogen (secondary N) is 2. The highest BCUT2D eigenvalue weighted by Gasteiger charge is 2.12. The first-order valence-electron chi connectivity index (χ1n) is 9.65. The van der Waals surface area contributed by atoms with Gasteiger partial charge in [-0.3, -0.25) is 14.4 Å². The second kappa shape index (κ2) is 12.3. The Morgan fingerprint density at radius 3 is 2.00 bits per heavy atom. The molecule has 2 aromatic carbocycles. The second-order valence-corrected chi connectivity index (χ2v) is 6.91. The highest BCUT2D eigenvalue weighted by Crippen LogP contribution is 2.13. The number of esters is 2. The van der Waals surface area contributed by atoms with E-state index in [1.54, 1.807) is 48.5 Å². The van der Waals surface area contributed by atoms with Crippen LogP contribution in [0.2, 0.25) is 5.02 Å². The maximum Gasteiger partial charge on any atom is 0.338 e. The van der Waals surface area contributed by atoms with Gasteiger partial charge in [-0.1, -0.05) is 18.5 Å². The van der Waals surface area contributed by atoms with E-state index in [1.807, 2.05) is 6.92 Å². The summed E-state index contributed by atoms with van der Waals surface area (Å²) in [4.78, 5) is 47.3. The maximum absolute atomic E-state index is 12.0. The maximum atomic E-state index is 12.0. The quantitative estimate of drug-likeness (QED) is 0.537. The molecule has 164 valence electrons. The number of carbonyl (C=O) groups excluding carboxylic acids is 4. The fourth-order valence-corrected chi connectivity index (χ4v) is 2.48. The van der Waals surface area contributed by atoms with Crippen LogP contribution < -0.4 is 10.6 Å². The Kier molecular flexibility index (Phi) is 9.51. The molecule has 0 radical (unpaired) electrons. The number of carbonyl (C=O) groups is 4. The number of halogens is 1. The lowest BCUT2D eigenvalue weighted by molar-refractivity contribution is -0.147. The van der Waals surface area contributed by atoms with Gasteiger partial charge in [-0.15, -0.1) is 0 Å². The summed E-state index contributed by atoms with van der Waals surface area (Å²) in [5.41, 5.74) is 1.38. The summed E-state index contributed by atoms with van der Waals surface area (Å²) in [5, 5.41) is 5.71. The molecule has 2 rings (SSSR count). The third kappa shape index (κ3) is 8.88. The Balaban J connectivity index is 1.68. The predicted molar refractivity (Wildman–Crippen MR) is 116 cm³/mol. The smallest absolute Gasteiger partial charge is 0.338 e. The normalized spacial score (nSPS) is 10.1. The Hall–Kier alpha value is -3.39. The van der Waals surface area contributed by atoms with Crippen molar-refractivity contribution < 1.29 is 28.7 Å². The molecule has 2 amide bonds. The number of rotatable bonds is 10. The van der Waals surface area contributed by atoms with Crippen molar-refractivity contribution in [1.82, 2.24) is 0 Å². The lowest BCUT2D eigenvalue weighted by atomic mass is 10.2. The van der Waals surface area contributed by atoms with Crippen molar-refractivity contribution in [3.63, 3.8) is 0 Å². The fourth-order valence-electron chi connectivity index (χ4n) is 2.36. The van der Waals surface area contributed by atoms with Crippen LogP contribution in [0.25, 0.3) is 0 Å². The van der Waals surface area contributed by atoms with Crippen molar-refractivity contribution >= 4 is 46.7 Å². The van der Waals surface area contributed by atoms with Gasteiger partial charge in [-0.05, 0) is 55.0 Å². The van der Waals surface area contributed by atoms with Crippen molar-refractivity contribution in [2.24, 2.45) is 0 Å². The summed E-state index contributed by atoms with van der Waals surface area (Å²) in [6.45, 7) is 1.78. The zero-order chi connectivity index (χ0) is 22.6. The van der Waals surface area contributed by atoms with Crippen LogP contribution in [0.1, 0.15) is 36.5 Å². The van der Waals surface area contributed by atoms with Crippen LogP contribution in [0.5, 0.6) is 0 Å². The Bertz CT molecular complexity index is 913. The van der Waals surface area contributed by atoms with E-state index in [1.165, 1.54) is 0 Å². The molecule has 0 unspecified atom stereocenters. The molecule has 0 atom stereocenters. The molecular weight excluding hydrogens is 424 g/mol. The molecule has 0 fully saturated rings. The van der Waals surface area contributed by atoms with Crippen molar-refractivity contribution in [2.45, 2.75) is 26.2 Å². The van der Waals surface area contributed by atoms with Crippen molar-refractivity contribution in [1.29, 1.82) is 0 Å². The summed E-state index contributed by atoms with van der Waals surface area (Å²) >= 11 is 5.76. The van der Waals surface area contributed by atoms with E-state index in [-0.39, 0.29) is 12.8 Å². The van der Waals surface area contributed by atoms with Gasteiger partial charge in [0.2, 0.25) is 5.91 Å². The summed E-state index contributed by atoms with van der Waals surface area (Å²) in [6.07, 6.45) is 0.439. The molecular formula is C22H23ClN2O6. The molecule has 0 aliphatic rings. The minimum absolute atomic E-state index is 0.113. The van der Waals surface area contributed by atoms with Crippen LogP contribution in [0.3, 0.4) is 0 Å². The van der Waals surface area contributed by atoms with E-state index in [0.717, 1.165) is 6.42 Å². The molecule has 0 aromatic heterocycles. The molecule has 0 bridgehead atoms. The highest BCUT2D eigenvalue weighted by molar-refractivity contribution is 6.30. The first-order chi connectivity index (χ1) is 14.9. The van der Waals surface area contributed by atoms with E-state index in [4.69, 9.17) is 21.1 Å². The molecule has 8 nitrogen and oxygen atoms in total. The van der Waals surface area contributed by atoms with Gasteiger partial charge in [0.15, 0.2) is 6.61 Å².